The second-order valence-electron chi connectivity index (χ2n) is 6.78. The quantitative estimate of drug-likeness (QED) is 0.469. The van der Waals surface area contributed by atoms with Crippen molar-refractivity contribution in [3.05, 3.63) is 80.7 Å². The molecule has 7 nitrogen and oxygen atoms in total. The molecule has 1 N–H and O–H groups in total. The summed E-state index contributed by atoms with van der Waals surface area (Å²) >= 11 is 18.0. The van der Waals surface area contributed by atoms with Crippen molar-refractivity contribution in [1.82, 2.24) is 20.2 Å². The third kappa shape index (κ3) is 4.15. The van der Waals surface area contributed by atoms with Crippen molar-refractivity contribution >= 4 is 46.5 Å². The second-order valence-corrected chi connectivity index (χ2v) is 8.06. The summed E-state index contributed by atoms with van der Waals surface area (Å²) < 4.78 is 48.5. The molecule has 1 aliphatic rings. The van der Waals surface area contributed by atoms with Gasteiger partial charge in [0.05, 0.1) is 17.8 Å². The fraction of sp³-hybridized carbons (Fsp3) is 0.150. The Morgan fingerprint density at radius 3 is 2.48 bits per heavy atom. The number of alkyl halides is 3. The van der Waals surface area contributed by atoms with Gasteiger partial charge in [-0.15, -0.1) is 0 Å². The van der Waals surface area contributed by atoms with Crippen LogP contribution in [0.1, 0.15) is 21.7 Å². The Labute approximate surface area is 199 Å². The highest BCUT2D eigenvalue weighted by molar-refractivity contribution is 6.34. The number of benzene rings is 1. The molecule has 0 amide bonds. The average Bonchev–Trinajstić information content (AvgIpc) is 3.38. The number of halogens is 6. The number of hydrogen-bond acceptors (Lipinski definition) is 6. The van der Waals surface area contributed by atoms with Crippen LogP contribution in [0.15, 0.2) is 48.7 Å². The van der Waals surface area contributed by atoms with Gasteiger partial charge in [-0.1, -0.05) is 34.8 Å². The Morgan fingerprint density at radius 1 is 1.18 bits per heavy atom. The Balaban J connectivity index is 1.87. The van der Waals surface area contributed by atoms with Crippen molar-refractivity contribution in [2.45, 2.75) is 11.8 Å². The van der Waals surface area contributed by atoms with Gasteiger partial charge in [-0.25, -0.2) is 14.5 Å². The van der Waals surface area contributed by atoms with Crippen LogP contribution < -0.4 is 5.48 Å². The largest absolute Gasteiger partial charge is 0.464 e. The molecule has 0 saturated heterocycles. The Bertz CT molecular complexity index is 1260. The lowest BCUT2D eigenvalue weighted by atomic mass is 9.92. The summed E-state index contributed by atoms with van der Waals surface area (Å²) in [4.78, 5) is 21.4. The molecule has 172 valence electrons. The molecule has 0 bridgehead atoms. The van der Waals surface area contributed by atoms with E-state index in [9.17, 15) is 18.0 Å². The van der Waals surface area contributed by atoms with E-state index < -0.39 is 17.7 Å². The summed E-state index contributed by atoms with van der Waals surface area (Å²) in [5, 5.41) is 4.35. The van der Waals surface area contributed by atoms with E-state index in [4.69, 9.17) is 44.4 Å². The maximum absolute atomic E-state index is 14.2. The van der Waals surface area contributed by atoms with E-state index in [1.807, 2.05) is 0 Å². The normalized spacial score (nSPS) is 18.1. The minimum atomic E-state index is -4.91. The number of nitrogens with one attached hydrogen (secondary N) is 1. The highest BCUT2D eigenvalue weighted by Crippen LogP contribution is 2.48. The van der Waals surface area contributed by atoms with Crippen LogP contribution in [-0.2, 0) is 15.2 Å². The molecule has 1 aromatic carbocycles. The van der Waals surface area contributed by atoms with E-state index in [0.29, 0.717) is 0 Å². The van der Waals surface area contributed by atoms with Gasteiger partial charge in [0.25, 0.3) is 0 Å². The van der Waals surface area contributed by atoms with Crippen LogP contribution in [0.3, 0.4) is 0 Å². The van der Waals surface area contributed by atoms with Crippen LogP contribution in [0.2, 0.25) is 15.1 Å². The van der Waals surface area contributed by atoms with Crippen LogP contribution in [-0.4, -0.2) is 34.0 Å². The first-order chi connectivity index (χ1) is 15.6. The van der Waals surface area contributed by atoms with Gasteiger partial charge in [-0.05, 0) is 36.4 Å². The summed E-state index contributed by atoms with van der Waals surface area (Å²) in [6.07, 6.45) is -2.71. The van der Waals surface area contributed by atoms with E-state index in [1.54, 1.807) is 6.07 Å². The minimum absolute atomic E-state index is 0.00590. The van der Waals surface area contributed by atoms with Crippen LogP contribution >= 0.6 is 34.8 Å². The van der Waals surface area contributed by atoms with Crippen molar-refractivity contribution in [2.75, 3.05) is 7.11 Å². The van der Waals surface area contributed by atoms with E-state index in [2.05, 4.69) is 15.6 Å². The molecule has 1 unspecified atom stereocenters. The Kier molecular flexibility index (Phi) is 6.04. The lowest BCUT2D eigenvalue weighted by Crippen LogP contribution is -2.42. The molecule has 33 heavy (non-hydrogen) atoms. The molecule has 3 heterocycles. The van der Waals surface area contributed by atoms with Crippen molar-refractivity contribution in [3.63, 3.8) is 0 Å². The molecule has 0 spiro atoms. The zero-order valence-corrected chi connectivity index (χ0v) is 18.7. The lowest BCUT2D eigenvalue weighted by Gasteiger charge is -2.28. The molecule has 1 atom stereocenters. The standard InChI is InChI=1S/C20H12Cl3F3N4O3/c1-32-18(31)16-8-14(28-30(16)17-13(23)3-2-4-27-17)15-9-19(33-29-15,20(24,25)26)10-5-11(21)7-12(22)6-10/h2-9,29H,1H3. The molecule has 3 aromatic rings. The number of rotatable bonds is 4. The summed E-state index contributed by atoms with van der Waals surface area (Å²) in [6, 6.07) is 7.78. The number of nitrogens with zero attached hydrogens (tertiary/aromatic N) is 3. The zero-order valence-electron chi connectivity index (χ0n) is 16.5. The third-order valence-electron chi connectivity index (χ3n) is 4.70. The molecule has 2 aromatic heterocycles. The number of methoxy groups -OCH3 is 1. The van der Waals surface area contributed by atoms with Crippen LogP contribution in [0.5, 0.6) is 0 Å². The Morgan fingerprint density at radius 2 is 1.88 bits per heavy atom. The van der Waals surface area contributed by atoms with E-state index in [1.165, 1.54) is 24.4 Å². The average molecular weight is 520 g/mol. The van der Waals surface area contributed by atoms with Gasteiger partial charge in [0.15, 0.2) is 11.5 Å². The molecular formula is C20H12Cl3F3N4O3. The first-order valence-corrected chi connectivity index (χ1v) is 10.2. The van der Waals surface area contributed by atoms with Crippen molar-refractivity contribution < 1.29 is 27.5 Å². The number of hydrogen-bond donors (Lipinski definition) is 1. The summed E-state index contributed by atoms with van der Waals surface area (Å²) in [5.74, 6) is -0.729. The van der Waals surface area contributed by atoms with E-state index >= 15 is 0 Å². The zero-order chi connectivity index (χ0) is 24.0. The molecular weight excluding hydrogens is 508 g/mol. The fourth-order valence-corrected chi connectivity index (χ4v) is 3.92. The van der Waals surface area contributed by atoms with Crippen LogP contribution in [0.4, 0.5) is 13.2 Å². The van der Waals surface area contributed by atoms with Gasteiger partial charge in [0.1, 0.15) is 5.69 Å². The number of aromatic nitrogens is 3. The first-order valence-electron chi connectivity index (χ1n) is 9.05. The lowest BCUT2D eigenvalue weighted by molar-refractivity contribution is -0.269. The molecule has 0 radical (unpaired) electrons. The molecule has 0 aliphatic carbocycles. The minimum Gasteiger partial charge on any atom is -0.464 e. The van der Waals surface area contributed by atoms with E-state index in [0.717, 1.165) is 30.0 Å². The van der Waals surface area contributed by atoms with Gasteiger partial charge in [-0.3, -0.25) is 10.3 Å². The van der Waals surface area contributed by atoms with Gasteiger partial charge < -0.3 is 4.74 Å². The molecule has 0 saturated carbocycles. The topological polar surface area (TPSA) is 78.3 Å². The molecule has 13 heteroatoms. The number of esters is 1. The second kappa shape index (κ2) is 8.53. The maximum atomic E-state index is 14.2. The summed E-state index contributed by atoms with van der Waals surface area (Å²) in [6.45, 7) is 0. The van der Waals surface area contributed by atoms with Crippen molar-refractivity contribution in [3.8, 4) is 5.82 Å². The number of pyridine rings is 1. The predicted molar refractivity (Wildman–Crippen MR) is 114 cm³/mol. The SMILES string of the molecule is COC(=O)c1cc(C2=CC(c3cc(Cl)cc(Cl)c3)(C(F)(F)F)ON2)nn1-c1ncccc1Cl. The fourth-order valence-electron chi connectivity index (χ4n) is 3.20. The first kappa shape index (κ1) is 23.4. The highest BCUT2D eigenvalue weighted by Gasteiger charge is 2.60. The van der Waals surface area contributed by atoms with Crippen LogP contribution in [0, 0.1) is 0 Å². The molecule has 0 fully saturated rings. The number of hydroxylamine groups is 1. The summed E-state index contributed by atoms with van der Waals surface area (Å²) in [5.41, 5.74) is -1.37. The Hall–Kier alpha value is -2.79. The third-order valence-corrected chi connectivity index (χ3v) is 5.43. The van der Waals surface area contributed by atoms with Crippen molar-refractivity contribution in [1.29, 1.82) is 0 Å². The van der Waals surface area contributed by atoms with Crippen molar-refractivity contribution in [2.24, 2.45) is 0 Å². The van der Waals surface area contributed by atoms with Gasteiger partial charge in [-0.2, -0.15) is 18.3 Å². The van der Waals surface area contributed by atoms with Gasteiger partial charge in [0, 0.05) is 27.9 Å². The smallest absolute Gasteiger partial charge is 0.428 e. The maximum Gasteiger partial charge on any atom is 0.428 e. The molecule has 4 rings (SSSR count). The van der Waals surface area contributed by atoms with Gasteiger partial charge >= 0.3 is 12.1 Å². The number of ether oxygens (including phenoxy) is 1. The predicted octanol–water partition coefficient (Wildman–Crippen LogP) is 5.35. The van der Waals surface area contributed by atoms with Crippen LogP contribution in [0.25, 0.3) is 11.5 Å². The summed E-state index contributed by atoms with van der Waals surface area (Å²) in [7, 11) is 1.15. The highest BCUT2D eigenvalue weighted by atomic mass is 35.5. The number of carbonyl (C=O) groups excluding carboxylic acids is 1. The number of carbonyl (C=O) groups is 1. The monoisotopic (exact) mass is 518 g/mol. The van der Waals surface area contributed by atoms with Gasteiger partial charge in [0.2, 0.25) is 5.60 Å². The van der Waals surface area contributed by atoms with E-state index in [-0.39, 0.29) is 43.5 Å². The molecule has 1 aliphatic heterocycles.